The second-order valence-electron chi connectivity index (χ2n) is 6.29. The maximum Gasteiger partial charge on any atom is 0.230 e. The zero-order chi connectivity index (χ0) is 15.4. The molecule has 2 aliphatic heterocycles. The van der Waals surface area contributed by atoms with Crippen molar-refractivity contribution >= 4 is 11.8 Å². The third-order valence-corrected chi connectivity index (χ3v) is 4.76. The molecule has 118 valence electrons. The van der Waals surface area contributed by atoms with Crippen LogP contribution in [0.5, 0.6) is 0 Å². The van der Waals surface area contributed by atoms with Gasteiger partial charge in [0, 0.05) is 32.6 Å². The van der Waals surface area contributed by atoms with E-state index in [2.05, 4.69) is 0 Å². The van der Waals surface area contributed by atoms with Gasteiger partial charge < -0.3 is 9.80 Å². The van der Waals surface area contributed by atoms with Crippen LogP contribution in [-0.4, -0.2) is 47.8 Å². The summed E-state index contributed by atoms with van der Waals surface area (Å²) < 4.78 is 0. The van der Waals surface area contributed by atoms with Crippen molar-refractivity contribution in [3.05, 3.63) is 35.9 Å². The summed E-state index contributed by atoms with van der Waals surface area (Å²) in [6, 6.07) is 9.77. The molecular weight excluding hydrogens is 276 g/mol. The van der Waals surface area contributed by atoms with E-state index in [1.165, 1.54) is 0 Å². The molecule has 3 rings (SSSR count). The fraction of sp³-hybridized carbons (Fsp3) is 0.556. The Balaban J connectivity index is 1.76. The van der Waals surface area contributed by atoms with Crippen LogP contribution in [0.25, 0.3) is 0 Å². The Morgan fingerprint density at radius 1 is 0.864 bits per heavy atom. The van der Waals surface area contributed by atoms with E-state index in [9.17, 15) is 9.59 Å². The molecule has 0 spiro atoms. The van der Waals surface area contributed by atoms with Gasteiger partial charge in [0.05, 0.1) is 5.92 Å². The minimum atomic E-state index is -0.326. The largest absolute Gasteiger partial charge is 0.343 e. The van der Waals surface area contributed by atoms with Crippen LogP contribution < -0.4 is 0 Å². The predicted molar refractivity (Wildman–Crippen MR) is 85.4 cm³/mol. The van der Waals surface area contributed by atoms with E-state index in [0.29, 0.717) is 6.42 Å². The zero-order valence-electron chi connectivity index (χ0n) is 13.0. The molecule has 4 nitrogen and oxygen atoms in total. The Hall–Kier alpha value is -1.84. The molecule has 0 aromatic heterocycles. The maximum atomic E-state index is 12.9. The first-order valence-electron chi connectivity index (χ1n) is 8.37. The van der Waals surface area contributed by atoms with Crippen molar-refractivity contribution in [3.63, 3.8) is 0 Å². The van der Waals surface area contributed by atoms with Gasteiger partial charge in [0.1, 0.15) is 0 Å². The molecule has 2 aliphatic rings. The van der Waals surface area contributed by atoms with Gasteiger partial charge in [-0.2, -0.15) is 0 Å². The number of hydrogen-bond acceptors (Lipinski definition) is 2. The fourth-order valence-electron chi connectivity index (χ4n) is 3.46. The number of nitrogens with zero attached hydrogens (tertiary/aromatic N) is 2. The maximum absolute atomic E-state index is 12.9. The zero-order valence-corrected chi connectivity index (χ0v) is 13.0. The summed E-state index contributed by atoms with van der Waals surface area (Å²) in [4.78, 5) is 29.2. The molecule has 2 saturated heterocycles. The molecule has 0 aliphatic carbocycles. The van der Waals surface area contributed by atoms with E-state index in [4.69, 9.17) is 0 Å². The summed E-state index contributed by atoms with van der Waals surface area (Å²) in [5.74, 6) is -0.0810. The van der Waals surface area contributed by atoms with Crippen LogP contribution in [0.4, 0.5) is 0 Å². The summed E-state index contributed by atoms with van der Waals surface area (Å²) in [7, 11) is 0. The van der Waals surface area contributed by atoms with Gasteiger partial charge in [-0.25, -0.2) is 0 Å². The van der Waals surface area contributed by atoms with Crippen LogP contribution >= 0.6 is 0 Å². The Morgan fingerprint density at radius 3 is 2.00 bits per heavy atom. The number of rotatable bonds is 4. The molecule has 1 atom stereocenters. The Labute approximate surface area is 132 Å². The van der Waals surface area contributed by atoms with Crippen LogP contribution in [0.15, 0.2) is 30.3 Å². The number of benzene rings is 1. The van der Waals surface area contributed by atoms with Crippen LogP contribution in [0.2, 0.25) is 0 Å². The SMILES string of the molecule is O=C(CC(C(=O)N1CCCC1)c1ccccc1)N1CCCC1. The quantitative estimate of drug-likeness (QED) is 0.857. The Kier molecular flexibility index (Phi) is 4.76. The number of hydrogen-bond donors (Lipinski definition) is 0. The molecule has 1 unspecified atom stereocenters. The molecular formula is C18H24N2O2. The molecule has 0 bridgehead atoms. The molecule has 0 saturated carbocycles. The first-order chi connectivity index (χ1) is 10.8. The third kappa shape index (κ3) is 3.32. The van der Waals surface area contributed by atoms with Gasteiger partial charge in [-0.1, -0.05) is 30.3 Å². The lowest BCUT2D eigenvalue weighted by molar-refractivity contribution is -0.137. The highest BCUT2D eigenvalue weighted by Crippen LogP contribution is 2.26. The van der Waals surface area contributed by atoms with Gasteiger partial charge in [0.15, 0.2) is 0 Å². The van der Waals surface area contributed by atoms with E-state index in [1.807, 2.05) is 40.1 Å². The summed E-state index contributed by atoms with van der Waals surface area (Å²) in [5, 5.41) is 0. The van der Waals surface area contributed by atoms with Gasteiger partial charge in [-0.3, -0.25) is 9.59 Å². The summed E-state index contributed by atoms with van der Waals surface area (Å²) in [5.41, 5.74) is 0.965. The predicted octanol–water partition coefficient (Wildman–Crippen LogP) is 2.41. The Morgan fingerprint density at radius 2 is 1.41 bits per heavy atom. The normalized spacial score (nSPS) is 19.5. The number of carbonyl (C=O) groups is 2. The van der Waals surface area contributed by atoms with E-state index < -0.39 is 0 Å². The molecule has 4 heteroatoms. The monoisotopic (exact) mass is 300 g/mol. The van der Waals surface area contributed by atoms with Gasteiger partial charge >= 0.3 is 0 Å². The third-order valence-electron chi connectivity index (χ3n) is 4.76. The van der Waals surface area contributed by atoms with Crippen molar-refractivity contribution < 1.29 is 9.59 Å². The van der Waals surface area contributed by atoms with Crippen molar-refractivity contribution in [2.75, 3.05) is 26.2 Å². The average Bonchev–Trinajstić information content (AvgIpc) is 3.25. The van der Waals surface area contributed by atoms with Crippen molar-refractivity contribution in [2.24, 2.45) is 0 Å². The molecule has 22 heavy (non-hydrogen) atoms. The topological polar surface area (TPSA) is 40.6 Å². The molecule has 1 aromatic rings. The number of carbonyl (C=O) groups excluding carboxylic acids is 2. The van der Waals surface area contributed by atoms with Crippen molar-refractivity contribution in [1.82, 2.24) is 9.80 Å². The average molecular weight is 300 g/mol. The van der Waals surface area contributed by atoms with E-state index in [0.717, 1.165) is 57.4 Å². The standard InChI is InChI=1S/C18H24N2O2/c21-17(19-10-4-5-11-19)14-16(15-8-2-1-3-9-15)18(22)20-12-6-7-13-20/h1-3,8-9,16H,4-7,10-14H2. The van der Waals surface area contributed by atoms with Gasteiger partial charge in [0.25, 0.3) is 0 Å². The first kappa shape index (κ1) is 15.1. The summed E-state index contributed by atoms with van der Waals surface area (Å²) >= 11 is 0. The molecule has 2 fully saturated rings. The lowest BCUT2D eigenvalue weighted by Gasteiger charge is -2.25. The van der Waals surface area contributed by atoms with E-state index in [-0.39, 0.29) is 17.7 Å². The summed E-state index contributed by atoms with van der Waals surface area (Å²) in [6.07, 6.45) is 4.63. The lowest BCUT2D eigenvalue weighted by Crippen LogP contribution is -2.36. The van der Waals surface area contributed by atoms with Crippen LogP contribution in [-0.2, 0) is 9.59 Å². The second-order valence-corrected chi connectivity index (χ2v) is 6.29. The smallest absolute Gasteiger partial charge is 0.230 e. The number of likely N-dealkylation sites (tertiary alicyclic amines) is 2. The van der Waals surface area contributed by atoms with Gasteiger partial charge in [-0.05, 0) is 31.2 Å². The fourth-order valence-corrected chi connectivity index (χ4v) is 3.46. The van der Waals surface area contributed by atoms with E-state index >= 15 is 0 Å². The van der Waals surface area contributed by atoms with Crippen LogP contribution in [0.1, 0.15) is 43.6 Å². The van der Waals surface area contributed by atoms with Crippen LogP contribution in [0.3, 0.4) is 0 Å². The van der Waals surface area contributed by atoms with Crippen molar-refractivity contribution in [3.8, 4) is 0 Å². The van der Waals surface area contributed by atoms with Crippen molar-refractivity contribution in [2.45, 2.75) is 38.0 Å². The van der Waals surface area contributed by atoms with Crippen LogP contribution in [0, 0.1) is 0 Å². The summed E-state index contributed by atoms with van der Waals surface area (Å²) in [6.45, 7) is 3.36. The number of amides is 2. The molecule has 2 heterocycles. The molecule has 1 aromatic carbocycles. The highest BCUT2D eigenvalue weighted by molar-refractivity contribution is 5.90. The lowest BCUT2D eigenvalue weighted by atomic mass is 9.93. The minimum absolute atomic E-state index is 0.122. The van der Waals surface area contributed by atoms with Crippen molar-refractivity contribution in [1.29, 1.82) is 0 Å². The van der Waals surface area contributed by atoms with Gasteiger partial charge in [-0.15, -0.1) is 0 Å². The molecule has 0 radical (unpaired) electrons. The Bertz CT molecular complexity index is 517. The highest BCUT2D eigenvalue weighted by Gasteiger charge is 2.31. The minimum Gasteiger partial charge on any atom is -0.343 e. The first-order valence-corrected chi connectivity index (χ1v) is 8.37. The van der Waals surface area contributed by atoms with E-state index in [1.54, 1.807) is 0 Å². The molecule has 0 N–H and O–H groups in total. The highest BCUT2D eigenvalue weighted by atomic mass is 16.2. The molecule has 2 amide bonds. The van der Waals surface area contributed by atoms with Gasteiger partial charge in [0.2, 0.25) is 11.8 Å². The second kappa shape index (κ2) is 6.95.